The van der Waals surface area contributed by atoms with Crippen LogP contribution in [0.2, 0.25) is 0 Å². The number of anilines is 3. The van der Waals surface area contributed by atoms with Crippen LogP contribution in [-0.4, -0.2) is 78.9 Å². The first kappa shape index (κ1) is 28.1. The molecule has 12 heteroatoms. The lowest BCUT2D eigenvalue weighted by Crippen LogP contribution is -2.48. The van der Waals surface area contributed by atoms with Crippen molar-refractivity contribution in [2.45, 2.75) is 23.8 Å². The highest BCUT2D eigenvalue weighted by molar-refractivity contribution is 7.89. The number of aromatic nitrogens is 3. The van der Waals surface area contributed by atoms with Gasteiger partial charge < -0.3 is 21.3 Å². The van der Waals surface area contributed by atoms with E-state index < -0.39 is 10.0 Å². The molecule has 1 saturated heterocycles. The number of likely N-dealkylation sites (N-methyl/N-ethyl adjacent to an activating group) is 1. The van der Waals surface area contributed by atoms with Gasteiger partial charge in [-0.1, -0.05) is 29.6 Å². The first-order valence-corrected chi connectivity index (χ1v) is 15.4. The van der Waals surface area contributed by atoms with E-state index in [0.717, 1.165) is 47.3 Å². The van der Waals surface area contributed by atoms with Crippen molar-refractivity contribution in [1.82, 2.24) is 29.5 Å². The Kier molecular flexibility index (Phi) is 8.72. The smallest absolute Gasteiger partial charge is 0.243 e. The summed E-state index contributed by atoms with van der Waals surface area (Å²) in [6, 6.07) is 12.8. The van der Waals surface area contributed by atoms with E-state index in [1.165, 1.54) is 11.3 Å². The fourth-order valence-electron chi connectivity index (χ4n) is 4.61. The summed E-state index contributed by atoms with van der Waals surface area (Å²) >= 11 is 1.46. The normalized spacial score (nSPS) is 15.0. The Bertz CT molecular complexity index is 1560. The Morgan fingerprint density at radius 2 is 1.73 bits per heavy atom. The van der Waals surface area contributed by atoms with Gasteiger partial charge in [0, 0.05) is 42.8 Å². The van der Waals surface area contributed by atoms with Crippen LogP contribution in [0.3, 0.4) is 0 Å². The Morgan fingerprint density at radius 3 is 2.42 bits per heavy atom. The number of nitrogens with one attached hydrogen (secondary N) is 2. The van der Waals surface area contributed by atoms with Crippen LogP contribution in [0.1, 0.15) is 24.0 Å². The van der Waals surface area contributed by atoms with Crippen molar-refractivity contribution in [2.75, 3.05) is 51.3 Å². The van der Waals surface area contributed by atoms with Crippen molar-refractivity contribution in [1.29, 1.82) is 0 Å². The summed E-state index contributed by atoms with van der Waals surface area (Å²) < 4.78 is 29.9. The summed E-state index contributed by atoms with van der Waals surface area (Å²) in [6.07, 6.45) is 9.02. The highest BCUT2D eigenvalue weighted by Gasteiger charge is 2.32. The van der Waals surface area contributed by atoms with Crippen molar-refractivity contribution in [3.05, 3.63) is 66.0 Å². The maximum Gasteiger partial charge on any atom is 0.243 e. The van der Waals surface area contributed by atoms with E-state index in [1.807, 2.05) is 49.3 Å². The number of fused-ring (bicyclic) bond motifs is 1. The fourth-order valence-corrected chi connectivity index (χ4v) is 7.07. The van der Waals surface area contributed by atoms with Crippen molar-refractivity contribution < 1.29 is 8.42 Å². The van der Waals surface area contributed by atoms with Crippen molar-refractivity contribution in [3.63, 3.8) is 0 Å². The maximum atomic E-state index is 13.6. The number of sulfonamides is 1. The van der Waals surface area contributed by atoms with Crippen molar-refractivity contribution in [3.8, 4) is 0 Å². The van der Waals surface area contributed by atoms with Crippen LogP contribution in [0.4, 0.5) is 16.8 Å². The molecule has 2 aromatic carbocycles. The van der Waals surface area contributed by atoms with E-state index in [-0.39, 0.29) is 10.9 Å². The quantitative estimate of drug-likeness (QED) is 0.257. The molecule has 210 valence electrons. The fraction of sp³-hybridized carbons (Fsp3) is 0.321. The molecule has 4 N–H and O–H groups in total. The number of nitrogen functional groups attached to an aromatic ring is 1. The summed E-state index contributed by atoms with van der Waals surface area (Å²) in [4.78, 5) is 15.4. The summed E-state index contributed by atoms with van der Waals surface area (Å²) in [5.74, 6) is 0.427. The largest absolute Gasteiger partial charge is 0.375 e. The molecule has 5 rings (SSSR count). The van der Waals surface area contributed by atoms with Gasteiger partial charge in [-0.2, -0.15) is 4.31 Å². The monoisotopic (exact) mass is 578 g/mol. The van der Waals surface area contributed by atoms with Gasteiger partial charge in [-0.05, 0) is 82.0 Å². The van der Waals surface area contributed by atoms with Gasteiger partial charge in [0.15, 0.2) is 5.13 Å². The van der Waals surface area contributed by atoms with E-state index in [4.69, 9.17) is 5.73 Å². The molecule has 1 fully saturated rings. The molecule has 0 atom stereocenters. The molecule has 10 nitrogen and oxygen atoms in total. The molecular formula is C28H34N8O2S2. The third kappa shape index (κ3) is 6.83. The van der Waals surface area contributed by atoms with Gasteiger partial charge in [0.1, 0.15) is 0 Å². The number of nitrogens with zero attached hydrogens (tertiary/aromatic N) is 5. The van der Waals surface area contributed by atoms with Crippen LogP contribution in [-0.2, 0) is 10.0 Å². The zero-order chi connectivity index (χ0) is 28.1. The zero-order valence-corrected chi connectivity index (χ0v) is 24.3. The molecule has 4 aromatic rings. The molecule has 0 amide bonds. The van der Waals surface area contributed by atoms with Gasteiger partial charge in [-0.3, -0.25) is 0 Å². The molecule has 0 saturated carbocycles. The Hall–Kier alpha value is -3.42. The lowest BCUT2D eigenvalue weighted by molar-refractivity contribution is 0.240. The van der Waals surface area contributed by atoms with Gasteiger partial charge in [-0.25, -0.2) is 23.4 Å². The third-order valence-corrected chi connectivity index (χ3v) is 9.58. The minimum absolute atomic E-state index is 0.000590. The number of thiazole rings is 1. The van der Waals surface area contributed by atoms with Crippen LogP contribution in [0, 0.1) is 0 Å². The SMILES string of the molecule is CN(C)CCN(C1CCNCC1)S(=O)(=O)c1ccc(Nc2ncc(/C=C/c3ccc4nc(N)sc4c3)cn2)cc1. The van der Waals surface area contributed by atoms with Gasteiger partial charge in [0.2, 0.25) is 16.0 Å². The molecule has 1 aliphatic rings. The molecule has 0 bridgehead atoms. The van der Waals surface area contributed by atoms with Crippen LogP contribution in [0.15, 0.2) is 59.8 Å². The van der Waals surface area contributed by atoms with Crippen molar-refractivity contribution >= 4 is 60.5 Å². The predicted molar refractivity (Wildman–Crippen MR) is 163 cm³/mol. The topological polar surface area (TPSA) is 129 Å². The number of benzene rings is 2. The lowest BCUT2D eigenvalue weighted by Gasteiger charge is -2.34. The van der Waals surface area contributed by atoms with Gasteiger partial charge in [0.05, 0.1) is 15.1 Å². The summed E-state index contributed by atoms with van der Waals surface area (Å²) in [7, 11) is 0.285. The third-order valence-electron chi connectivity index (χ3n) is 6.77. The lowest BCUT2D eigenvalue weighted by atomic mass is 10.1. The van der Waals surface area contributed by atoms with Crippen LogP contribution >= 0.6 is 11.3 Å². The summed E-state index contributed by atoms with van der Waals surface area (Å²) in [5.41, 5.74) is 9.29. The molecule has 1 aliphatic heterocycles. The molecular weight excluding hydrogens is 544 g/mol. The molecule has 40 heavy (non-hydrogen) atoms. The van der Waals surface area contributed by atoms with E-state index in [9.17, 15) is 8.42 Å². The number of piperidine rings is 1. The summed E-state index contributed by atoms with van der Waals surface area (Å²) in [5, 5.41) is 7.03. The van der Waals surface area contributed by atoms with E-state index in [1.54, 1.807) is 41.0 Å². The zero-order valence-electron chi connectivity index (χ0n) is 22.6. The van der Waals surface area contributed by atoms with Gasteiger partial charge in [0.25, 0.3) is 0 Å². The second-order valence-corrected chi connectivity index (χ2v) is 13.0. The molecule has 2 aromatic heterocycles. The standard InChI is InChI=1S/C28H34N8O2S2/c1-35(2)15-16-36(23-11-13-30-14-12-23)40(37,38)24-8-6-22(7-9-24)33-28-31-18-21(19-32-28)4-3-20-5-10-25-26(17-20)39-27(29)34-25/h3-10,17-19,23,30H,11-16H2,1-2H3,(H2,29,34)(H,31,32,33)/b4-3+. The van der Waals surface area contributed by atoms with Crippen LogP contribution < -0.4 is 16.4 Å². The highest BCUT2D eigenvalue weighted by atomic mass is 32.2. The molecule has 0 spiro atoms. The maximum absolute atomic E-state index is 13.6. The van der Waals surface area contributed by atoms with Crippen LogP contribution in [0.25, 0.3) is 22.4 Å². The van der Waals surface area contributed by atoms with Crippen molar-refractivity contribution in [2.24, 2.45) is 0 Å². The second kappa shape index (κ2) is 12.4. The van der Waals surface area contributed by atoms with E-state index >= 15 is 0 Å². The number of hydrogen-bond acceptors (Lipinski definition) is 10. The molecule has 0 aliphatic carbocycles. The average Bonchev–Trinajstić information content (AvgIpc) is 3.32. The van der Waals surface area contributed by atoms with E-state index in [0.29, 0.717) is 29.9 Å². The second-order valence-electron chi connectivity index (χ2n) is 10.0. The summed E-state index contributed by atoms with van der Waals surface area (Å²) in [6.45, 7) is 2.79. The molecule has 0 radical (unpaired) electrons. The first-order valence-electron chi connectivity index (χ1n) is 13.2. The highest BCUT2D eigenvalue weighted by Crippen LogP contribution is 2.26. The van der Waals surface area contributed by atoms with E-state index in [2.05, 4.69) is 25.6 Å². The average molecular weight is 579 g/mol. The predicted octanol–water partition coefficient (Wildman–Crippen LogP) is 3.89. The van der Waals surface area contributed by atoms with Crippen LogP contribution in [0.5, 0.6) is 0 Å². The number of hydrogen-bond donors (Lipinski definition) is 3. The first-order chi connectivity index (χ1) is 19.3. The minimum Gasteiger partial charge on any atom is -0.375 e. The Balaban J connectivity index is 1.24. The molecule has 3 heterocycles. The van der Waals surface area contributed by atoms with Gasteiger partial charge in [-0.15, -0.1) is 0 Å². The Labute approximate surface area is 239 Å². The number of nitrogens with two attached hydrogens (primary N) is 1. The minimum atomic E-state index is -3.63. The Morgan fingerprint density at radius 1 is 1.02 bits per heavy atom. The number of rotatable bonds is 10. The van der Waals surface area contributed by atoms with Gasteiger partial charge >= 0.3 is 0 Å². The molecule has 0 unspecified atom stereocenters.